The zero-order chi connectivity index (χ0) is 10.8. The van der Waals surface area contributed by atoms with Crippen LogP contribution < -0.4 is 0 Å². The number of benzene rings is 1. The Morgan fingerprint density at radius 1 is 1.40 bits per heavy atom. The van der Waals surface area contributed by atoms with E-state index in [9.17, 15) is 4.79 Å². The SMILES string of the molecule is O=C(O)C1COC(c2ccc(Br)cc2)O1. The van der Waals surface area contributed by atoms with Crippen molar-refractivity contribution in [1.82, 2.24) is 0 Å². The lowest BCUT2D eigenvalue weighted by molar-refractivity contribution is -0.150. The zero-order valence-electron chi connectivity index (χ0n) is 7.72. The van der Waals surface area contributed by atoms with E-state index in [0.717, 1.165) is 10.0 Å². The number of carboxylic acids is 1. The Morgan fingerprint density at radius 2 is 2.07 bits per heavy atom. The highest BCUT2D eigenvalue weighted by molar-refractivity contribution is 9.10. The van der Waals surface area contributed by atoms with E-state index in [0.29, 0.717) is 0 Å². The number of rotatable bonds is 2. The van der Waals surface area contributed by atoms with Gasteiger partial charge in [-0.15, -0.1) is 0 Å². The van der Waals surface area contributed by atoms with Crippen molar-refractivity contribution in [3.05, 3.63) is 34.3 Å². The van der Waals surface area contributed by atoms with Crippen LogP contribution in [-0.4, -0.2) is 23.8 Å². The van der Waals surface area contributed by atoms with Gasteiger partial charge in [0.25, 0.3) is 0 Å². The molecule has 0 aromatic heterocycles. The highest BCUT2D eigenvalue weighted by atomic mass is 79.9. The molecule has 1 aliphatic heterocycles. The minimum atomic E-state index is -0.991. The van der Waals surface area contributed by atoms with Crippen LogP contribution in [0.1, 0.15) is 11.9 Å². The van der Waals surface area contributed by atoms with Crippen molar-refractivity contribution in [1.29, 1.82) is 0 Å². The molecule has 1 aliphatic rings. The molecule has 4 nitrogen and oxygen atoms in total. The van der Waals surface area contributed by atoms with Crippen LogP contribution in [-0.2, 0) is 14.3 Å². The summed E-state index contributed by atoms with van der Waals surface area (Å²) >= 11 is 3.31. The third-order valence-electron chi connectivity index (χ3n) is 2.10. The van der Waals surface area contributed by atoms with Crippen LogP contribution in [0.2, 0.25) is 0 Å². The molecule has 5 heteroatoms. The van der Waals surface area contributed by atoms with Crippen molar-refractivity contribution in [2.45, 2.75) is 12.4 Å². The third-order valence-corrected chi connectivity index (χ3v) is 2.63. The van der Waals surface area contributed by atoms with Crippen LogP contribution in [0, 0.1) is 0 Å². The quantitative estimate of drug-likeness (QED) is 0.894. The summed E-state index contributed by atoms with van der Waals surface area (Å²) in [7, 11) is 0. The normalized spacial score (nSPS) is 25.4. The Balaban J connectivity index is 2.07. The standard InChI is InChI=1S/C10H9BrO4/c11-7-3-1-6(2-4-7)10-14-5-8(15-10)9(12)13/h1-4,8,10H,5H2,(H,12,13). The summed E-state index contributed by atoms with van der Waals surface area (Å²) in [6.45, 7) is 0.0933. The number of carboxylic acid groups (broad SMARTS) is 1. The summed E-state index contributed by atoms with van der Waals surface area (Å²) in [4.78, 5) is 10.6. The second-order valence-corrected chi connectivity index (χ2v) is 4.10. The van der Waals surface area contributed by atoms with Gasteiger partial charge in [-0.3, -0.25) is 0 Å². The maximum absolute atomic E-state index is 10.6. The molecular formula is C10H9BrO4. The van der Waals surface area contributed by atoms with E-state index in [1.54, 1.807) is 0 Å². The van der Waals surface area contributed by atoms with Gasteiger partial charge in [0.15, 0.2) is 12.4 Å². The fourth-order valence-corrected chi connectivity index (χ4v) is 1.59. The van der Waals surface area contributed by atoms with Gasteiger partial charge in [0.05, 0.1) is 6.61 Å². The molecular weight excluding hydrogens is 264 g/mol. The van der Waals surface area contributed by atoms with Crippen LogP contribution in [0.5, 0.6) is 0 Å². The second kappa shape index (κ2) is 4.30. The maximum atomic E-state index is 10.6. The summed E-state index contributed by atoms with van der Waals surface area (Å²) in [5, 5.41) is 8.71. The third kappa shape index (κ3) is 2.37. The molecule has 0 amide bonds. The monoisotopic (exact) mass is 272 g/mol. The van der Waals surface area contributed by atoms with E-state index in [4.69, 9.17) is 14.6 Å². The van der Waals surface area contributed by atoms with Gasteiger partial charge in [-0.1, -0.05) is 28.1 Å². The highest BCUT2D eigenvalue weighted by Gasteiger charge is 2.32. The Hall–Kier alpha value is -0.910. The molecule has 1 saturated heterocycles. The number of ether oxygens (including phenoxy) is 2. The second-order valence-electron chi connectivity index (χ2n) is 3.18. The van der Waals surface area contributed by atoms with Gasteiger partial charge >= 0.3 is 5.97 Å². The van der Waals surface area contributed by atoms with Gasteiger partial charge in [-0.05, 0) is 12.1 Å². The molecule has 1 aromatic rings. The van der Waals surface area contributed by atoms with Gasteiger partial charge in [0, 0.05) is 10.0 Å². The van der Waals surface area contributed by atoms with Gasteiger partial charge in [-0.25, -0.2) is 4.79 Å². The van der Waals surface area contributed by atoms with Crippen molar-refractivity contribution in [2.75, 3.05) is 6.61 Å². The first-order valence-corrected chi connectivity index (χ1v) is 5.21. The molecule has 0 spiro atoms. The number of hydrogen-bond donors (Lipinski definition) is 1. The summed E-state index contributed by atoms with van der Waals surface area (Å²) in [5.41, 5.74) is 0.821. The fourth-order valence-electron chi connectivity index (χ4n) is 1.33. The molecule has 15 heavy (non-hydrogen) atoms. The number of hydrogen-bond acceptors (Lipinski definition) is 3. The smallest absolute Gasteiger partial charge is 0.335 e. The molecule has 0 aliphatic carbocycles. The topological polar surface area (TPSA) is 55.8 Å². The van der Waals surface area contributed by atoms with Gasteiger partial charge in [0.2, 0.25) is 0 Å². The Labute approximate surface area is 94.9 Å². The van der Waals surface area contributed by atoms with Crippen molar-refractivity contribution in [3.8, 4) is 0 Å². The fraction of sp³-hybridized carbons (Fsp3) is 0.300. The van der Waals surface area contributed by atoms with Crippen LogP contribution in [0.25, 0.3) is 0 Å². The van der Waals surface area contributed by atoms with Crippen molar-refractivity contribution in [3.63, 3.8) is 0 Å². The van der Waals surface area contributed by atoms with Crippen molar-refractivity contribution < 1.29 is 19.4 Å². The molecule has 1 heterocycles. The maximum Gasteiger partial charge on any atom is 0.335 e. The van der Waals surface area contributed by atoms with Crippen LogP contribution in [0.15, 0.2) is 28.7 Å². The molecule has 0 bridgehead atoms. The largest absolute Gasteiger partial charge is 0.479 e. The van der Waals surface area contributed by atoms with E-state index in [-0.39, 0.29) is 6.61 Å². The number of aliphatic carboxylic acids is 1. The van der Waals surface area contributed by atoms with E-state index < -0.39 is 18.4 Å². The Bertz CT molecular complexity index is 362. The Morgan fingerprint density at radius 3 is 2.60 bits per heavy atom. The van der Waals surface area contributed by atoms with E-state index in [1.165, 1.54) is 0 Å². The minimum absolute atomic E-state index is 0.0933. The minimum Gasteiger partial charge on any atom is -0.479 e. The van der Waals surface area contributed by atoms with Crippen molar-refractivity contribution >= 4 is 21.9 Å². The molecule has 1 aromatic carbocycles. The first kappa shape index (κ1) is 10.6. The van der Waals surface area contributed by atoms with E-state index in [1.807, 2.05) is 24.3 Å². The lowest BCUT2D eigenvalue weighted by atomic mass is 10.2. The molecule has 2 atom stereocenters. The molecule has 2 unspecified atom stereocenters. The van der Waals surface area contributed by atoms with Crippen molar-refractivity contribution in [2.24, 2.45) is 0 Å². The molecule has 80 valence electrons. The lowest BCUT2D eigenvalue weighted by Gasteiger charge is -2.09. The average molecular weight is 273 g/mol. The first-order chi connectivity index (χ1) is 7.16. The summed E-state index contributed by atoms with van der Waals surface area (Å²) in [6.07, 6.45) is -1.43. The van der Waals surface area contributed by atoms with E-state index in [2.05, 4.69) is 15.9 Å². The van der Waals surface area contributed by atoms with E-state index >= 15 is 0 Å². The predicted octanol–water partition coefficient (Wildman–Crippen LogP) is 1.95. The molecule has 1 fully saturated rings. The Kier molecular flexibility index (Phi) is 3.04. The zero-order valence-corrected chi connectivity index (χ0v) is 9.31. The van der Waals surface area contributed by atoms with Gasteiger partial charge in [0.1, 0.15) is 0 Å². The summed E-state index contributed by atoms with van der Waals surface area (Å²) in [5.74, 6) is -0.991. The lowest BCUT2D eigenvalue weighted by Crippen LogP contribution is -2.21. The molecule has 0 saturated carbocycles. The van der Waals surface area contributed by atoms with Gasteiger partial charge in [-0.2, -0.15) is 0 Å². The van der Waals surface area contributed by atoms with Crippen LogP contribution in [0.4, 0.5) is 0 Å². The van der Waals surface area contributed by atoms with Crippen LogP contribution >= 0.6 is 15.9 Å². The van der Waals surface area contributed by atoms with Gasteiger partial charge < -0.3 is 14.6 Å². The average Bonchev–Trinajstić information content (AvgIpc) is 2.68. The molecule has 1 N–H and O–H groups in total. The highest BCUT2D eigenvalue weighted by Crippen LogP contribution is 2.27. The summed E-state index contributed by atoms with van der Waals surface area (Å²) < 4.78 is 11.4. The predicted molar refractivity (Wildman–Crippen MR) is 55.3 cm³/mol. The number of halogens is 1. The molecule has 2 rings (SSSR count). The van der Waals surface area contributed by atoms with Crippen LogP contribution in [0.3, 0.4) is 0 Å². The summed E-state index contributed by atoms with van der Waals surface area (Å²) in [6, 6.07) is 7.38. The number of carbonyl (C=O) groups is 1. The molecule has 0 radical (unpaired) electrons. The first-order valence-electron chi connectivity index (χ1n) is 4.42.